The van der Waals surface area contributed by atoms with Crippen molar-refractivity contribution in [3.63, 3.8) is 0 Å². The van der Waals surface area contributed by atoms with E-state index in [0.717, 1.165) is 18.0 Å². The molecule has 0 bridgehead atoms. The molecule has 1 aromatic heterocycles. The Kier molecular flexibility index (Phi) is 4.54. The zero-order chi connectivity index (χ0) is 13.0. The Morgan fingerprint density at radius 1 is 1.72 bits per heavy atom. The average Bonchev–Trinajstić information content (AvgIpc) is 2.96. The molecular formula is C10H16N4O3S. The van der Waals surface area contributed by atoms with Gasteiger partial charge in [0, 0.05) is 7.11 Å². The summed E-state index contributed by atoms with van der Waals surface area (Å²) in [5, 5.41) is 20.7. The minimum atomic E-state index is -0.883. The minimum absolute atomic E-state index is 0.0480. The van der Waals surface area contributed by atoms with Crippen LogP contribution in [0.5, 0.6) is 0 Å². The largest absolute Gasteiger partial charge is 0.481 e. The molecule has 2 unspecified atom stereocenters. The SMILES string of the molecule is COC(CC(=O)O)Cn1nnnc1C1CCCS1. The zero-order valence-corrected chi connectivity index (χ0v) is 11.0. The standard InChI is InChI=1S/C10H16N4O3S/c1-17-7(5-9(15)16)6-14-10(11-12-13-14)8-3-2-4-18-8/h7-8H,2-6H2,1H3,(H,15,16). The molecule has 0 amide bonds. The summed E-state index contributed by atoms with van der Waals surface area (Å²) < 4.78 is 6.81. The highest BCUT2D eigenvalue weighted by Crippen LogP contribution is 2.38. The van der Waals surface area contributed by atoms with Crippen LogP contribution >= 0.6 is 11.8 Å². The van der Waals surface area contributed by atoms with Gasteiger partial charge in [-0.2, -0.15) is 11.8 Å². The molecule has 1 fully saturated rings. The van der Waals surface area contributed by atoms with Crippen LogP contribution in [0.3, 0.4) is 0 Å². The number of ether oxygens (including phenoxy) is 1. The van der Waals surface area contributed by atoms with Gasteiger partial charge in [-0.15, -0.1) is 5.10 Å². The monoisotopic (exact) mass is 272 g/mol. The maximum atomic E-state index is 10.7. The highest BCUT2D eigenvalue weighted by molar-refractivity contribution is 7.99. The Morgan fingerprint density at radius 3 is 3.17 bits per heavy atom. The maximum absolute atomic E-state index is 10.7. The fourth-order valence-corrected chi connectivity index (χ4v) is 3.23. The van der Waals surface area contributed by atoms with Crippen LogP contribution in [-0.2, 0) is 16.1 Å². The first-order chi connectivity index (χ1) is 8.70. The average molecular weight is 272 g/mol. The summed E-state index contributed by atoms with van der Waals surface area (Å²) in [6, 6.07) is 0. The van der Waals surface area contributed by atoms with Crippen molar-refractivity contribution < 1.29 is 14.6 Å². The van der Waals surface area contributed by atoms with Gasteiger partial charge in [-0.3, -0.25) is 4.79 Å². The first kappa shape index (κ1) is 13.3. The van der Waals surface area contributed by atoms with Crippen LogP contribution in [0, 0.1) is 0 Å². The lowest BCUT2D eigenvalue weighted by Gasteiger charge is -2.15. The number of hydrogen-bond donors (Lipinski definition) is 1. The predicted octanol–water partition coefficient (Wildman–Crippen LogP) is 0.731. The molecule has 0 saturated carbocycles. The van der Waals surface area contributed by atoms with Crippen molar-refractivity contribution in [2.24, 2.45) is 0 Å². The molecular weight excluding hydrogens is 256 g/mol. The summed E-state index contributed by atoms with van der Waals surface area (Å²) in [6.07, 6.45) is 1.79. The van der Waals surface area contributed by atoms with Crippen LogP contribution in [0.4, 0.5) is 0 Å². The molecule has 1 aliphatic rings. The number of aliphatic carboxylic acids is 1. The van der Waals surface area contributed by atoms with E-state index in [1.807, 2.05) is 11.8 Å². The zero-order valence-electron chi connectivity index (χ0n) is 10.2. The van der Waals surface area contributed by atoms with E-state index in [9.17, 15) is 4.79 Å². The molecule has 2 heterocycles. The number of thioether (sulfide) groups is 1. The Bertz CT molecular complexity index is 406. The van der Waals surface area contributed by atoms with Gasteiger partial charge in [0.2, 0.25) is 0 Å². The molecule has 0 spiro atoms. The molecule has 1 saturated heterocycles. The van der Waals surface area contributed by atoms with E-state index in [-0.39, 0.29) is 6.42 Å². The van der Waals surface area contributed by atoms with E-state index < -0.39 is 12.1 Å². The van der Waals surface area contributed by atoms with Crippen molar-refractivity contribution in [2.75, 3.05) is 12.9 Å². The summed E-state index contributed by atoms with van der Waals surface area (Å²) in [5.41, 5.74) is 0. The van der Waals surface area contributed by atoms with E-state index in [1.165, 1.54) is 13.5 Å². The maximum Gasteiger partial charge on any atom is 0.306 e. The smallest absolute Gasteiger partial charge is 0.306 e. The molecule has 8 heteroatoms. The van der Waals surface area contributed by atoms with Gasteiger partial charge in [-0.1, -0.05) is 0 Å². The molecule has 1 aromatic rings. The summed E-state index contributed by atoms with van der Waals surface area (Å²) in [5.74, 6) is 1.07. The van der Waals surface area contributed by atoms with Crippen LogP contribution in [0.25, 0.3) is 0 Å². The number of methoxy groups -OCH3 is 1. The Balaban J connectivity index is 2.03. The van der Waals surface area contributed by atoms with E-state index >= 15 is 0 Å². The second-order valence-electron chi connectivity index (χ2n) is 4.18. The lowest BCUT2D eigenvalue weighted by molar-refractivity contribution is -0.140. The third-order valence-corrected chi connectivity index (χ3v) is 4.26. The second kappa shape index (κ2) is 6.14. The topological polar surface area (TPSA) is 90.1 Å². The quantitative estimate of drug-likeness (QED) is 0.816. The van der Waals surface area contributed by atoms with Crippen LogP contribution in [0.2, 0.25) is 0 Å². The van der Waals surface area contributed by atoms with Crippen molar-refractivity contribution in [1.82, 2.24) is 20.2 Å². The Morgan fingerprint density at radius 2 is 2.56 bits per heavy atom. The highest BCUT2D eigenvalue weighted by atomic mass is 32.2. The summed E-state index contributed by atoms with van der Waals surface area (Å²) >= 11 is 1.84. The molecule has 0 radical (unpaired) electrons. The number of aromatic nitrogens is 4. The summed E-state index contributed by atoms with van der Waals surface area (Å²) in [6.45, 7) is 0.377. The van der Waals surface area contributed by atoms with Crippen molar-refractivity contribution in [1.29, 1.82) is 0 Å². The van der Waals surface area contributed by atoms with Crippen LogP contribution in [0.15, 0.2) is 0 Å². The minimum Gasteiger partial charge on any atom is -0.481 e. The molecule has 7 nitrogen and oxygen atoms in total. The van der Waals surface area contributed by atoms with E-state index in [1.54, 1.807) is 4.68 Å². The first-order valence-electron chi connectivity index (χ1n) is 5.83. The molecule has 1 aliphatic heterocycles. The van der Waals surface area contributed by atoms with Crippen molar-refractivity contribution in [2.45, 2.75) is 37.2 Å². The molecule has 2 atom stereocenters. The Labute approximate surface area is 109 Å². The van der Waals surface area contributed by atoms with Crippen LogP contribution in [0.1, 0.15) is 30.3 Å². The van der Waals surface area contributed by atoms with Gasteiger partial charge in [-0.05, 0) is 29.0 Å². The lowest BCUT2D eigenvalue weighted by Crippen LogP contribution is -2.24. The van der Waals surface area contributed by atoms with E-state index in [2.05, 4.69) is 15.5 Å². The molecule has 0 aromatic carbocycles. The van der Waals surface area contributed by atoms with Crippen molar-refractivity contribution >= 4 is 17.7 Å². The molecule has 18 heavy (non-hydrogen) atoms. The molecule has 100 valence electrons. The third-order valence-electron chi connectivity index (χ3n) is 2.89. The van der Waals surface area contributed by atoms with Gasteiger partial charge < -0.3 is 9.84 Å². The van der Waals surface area contributed by atoms with Gasteiger partial charge in [-0.25, -0.2) is 4.68 Å². The number of hydrogen-bond acceptors (Lipinski definition) is 6. The van der Waals surface area contributed by atoms with Gasteiger partial charge in [0.1, 0.15) is 0 Å². The first-order valence-corrected chi connectivity index (χ1v) is 6.88. The number of tetrazole rings is 1. The number of carboxylic acids is 1. The number of rotatable bonds is 6. The van der Waals surface area contributed by atoms with E-state index in [4.69, 9.17) is 9.84 Å². The normalized spacial score (nSPS) is 21.1. The number of carboxylic acid groups (broad SMARTS) is 1. The van der Waals surface area contributed by atoms with Crippen molar-refractivity contribution in [3.8, 4) is 0 Å². The van der Waals surface area contributed by atoms with Crippen LogP contribution < -0.4 is 0 Å². The summed E-state index contributed by atoms with van der Waals surface area (Å²) in [4.78, 5) is 10.7. The number of nitrogens with zero attached hydrogens (tertiary/aromatic N) is 4. The molecule has 0 aliphatic carbocycles. The lowest BCUT2D eigenvalue weighted by atomic mass is 10.2. The van der Waals surface area contributed by atoms with Gasteiger partial charge in [0.15, 0.2) is 5.82 Å². The fraction of sp³-hybridized carbons (Fsp3) is 0.800. The van der Waals surface area contributed by atoms with Gasteiger partial charge in [0.05, 0.1) is 24.3 Å². The Hall–Kier alpha value is -1.15. The number of carbonyl (C=O) groups is 1. The second-order valence-corrected chi connectivity index (χ2v) is 5.49. The van der Waals surface area contributed by atoms with Crippen LogP contribution in [-0.4, -0.2) is 50.2 Å². The van der Waals surface area contributed by atoms with Crippen molar-refractivity contribution in [3.05, 3.63) is 5.82 Å². The molecule has 1 N–H and O–H groups in total. The third kappa shape index (κ3) is 3.20. The highest BCUT2D eigenvalue weighted by Gasteiger charge is 2.25. The van der Waals surface area contributed by atoms with E-state index in [0.29, 0.717) is 11.8 Å². The van der Waals surface area contributed by atoms with Gasteiger partial charge >= 0.3 is 5.97 Å². The molecule has 2 rings (SSSR count). The fourth-order valence-electron chi connectivity index (χ4n) is 1.96. The van der Waals surface area contributed by atoms with Gasteiger partial charge in [0.25, 0.3) is 0 Å². The summed E-state index contributed by atoms with van der Waals surface area (Å²) in [7, 11) is 1.50. The predicted molar refractivity (Wildman–Crippen MR) is 65.3 cm³/mol.